The van der Waals surface area contributed by atoms with Crippen LogP contribution in [0.5, 0.6) is 0 Å². The van der Waals surface area contributed by atoms with Crippen molar-refractivity contribution in [3.8, 4) is 0 Å². The van der Waals surface area contributed by atoms with Gasteiger partial charge in [0.2, 0.25) is 5.91 Å². The molecule has 1 rings (SSSR count). The number of likely N-dealkylation sites (N-methyl/N-ethyl adjacent to an activating group) is 1. The molecule has 1 saturated carbocycles. The van der Waals surface area contributed by atoms with Crippen molar-refractivity contribution in [2.45, 2.75) is 44.2 Å². The van der Waals surface area contributed by atoms with Gasteiger partial charge in [0.25, 0.3) is 0 Å². The van der Waals surface area contributed by atoms with Gasteiger partial charge in [0.1, 0.15) is 0 Å². The van der Waals surface area contributed by atoms with Crippen molar-refractivity contribution in [2.24, 2.45) is 11.5 Å². The summed E-state index contributed by atoms with van der Waals surface area (Å²) in [4.78, 5) is 13.7. The maximum Gasteiger partial charge on any atom is 0.237 e. The first-order valence-corrected chi connectivity index (χ1v) is 6.35. The van der Waals surface area contributed by atoms with E-state index in [4.69, 9.17) is 16.2 Å². The molecule has 5 heteroatoms. The average molecular weight is 243 g/mol. The summed E-state index contributed by atoms with van der Waals surface area (Å²) in [7, 11) is 1.70. The second-order valence-electron chi connectivity index (χ2n) is 4.89. The van der Waals surface area contributed by atoms with E-state index in [1.165, 1.54) is 0 Å². The number of nitrogens with two attached hydrogens (primary N) is 2. The lowest BCUT2D eigenvalue weighted by atomic mass is 9.78. The molecule has 100 valence electrons. The molecule has 0 bridgehead atoms. The van der Waals surface area contributed by atoms with Crippen LogP contribution >= 0.6 is 0 Å². The average Bonchev–Trinajstić information content (AvgIpc) is 2.30. The van der Waals surface area contributed by atoms with Crippen LogP contribution in [0.4, 0.5) is 0 Å². The minimum Gasteiger partial charge on any atom is -0.383 e. The van der Waals surface area contributed by atoms with E-state index in [1.54, 1.807) is 7.11 Å². The molecule has 0 aliphatic heterocycles. The highest BCUT2D eigenvalue weighted by Crippen LogP contribution is 2.29. The second kappa shape index (κ2) is 6.33. The van der Waals surface area contributed by atoms with Crippen molar-refractivity contribution in [3.63, 3.8) is 0 Å². The highest BCUT2D eigenvalue weighted by atomic mass is 16.5. The standard InChI is InChI=1S/C12H25N3O2/c1-3-15(7-8-17-2)10-5-4-6-12(14,9-10)11(13)16/h10H,3-9,14H2,1-2H3,(H2,13,16). The summed E-state index contributed by atoms with van der Waals surface area (Å²) in [5, 5.41) is 0. The first kappa shape index (κ1) is 14.4. The van der Waals surface area contributed by atoms with E-state index in [0.717, 1.165) is 25.9 Å². The van der Waals surface area contributed by atoms with Crippen LogP contribution < -0.4 is 11.5 Å². The molecule has 1 amide bonds. The minimum atomic E-state index is -0.816. The van der Waals surface area contributed by atoms with E-state index in [-0.39, 0.29) is 5.91 Å². The summed E-state index contributed by atoms with van der Waals surface area (Å²) in [5.41, 5.74) is 10.7. The number of ether oxygens (including phenoxy) is 1. The van der Waals surface area contributed by atoms with Crippen LogP contribution in [0.3, 0.4) is 0 Å². The molecule has 0 spiro atoms. The zero-order chi connectivity index (χ0) is 12.9. The van der Waals surface area contributed by atoms with Crippen molar-refractivity contribution in [1.82, 2.24) is 4.90 Å². The first-order valence-electron chi connectivity index (χ1n) is 6.35. The Morgan fingerprint density at radius 1 is 1.59 bits per heavy atom. The van der Waals surface area contributed by atoms with Gasteiger partial charge in [-0.15, -0.1) is 0 Å². The van der Waals surface area contributed by atoms with Crippen molar-refractivity contribution in [2.75, 3.05) is 26.8 Å². The van der Waals surface area contributed by atoms with Crippen LogP contribution in [0.2, 0.25) is 0 Å². The minimum absolute atomic E-state index is 0.349. The summed E-state index contributed by atoms with van der Waals surface area (Å²) < 4.78 is 5.10. The summed E-state index contributed by atoms with van der Waals surface area (Å²) in [6.07, 6.45) is 3.43. The number of methoxy groups -OCH3 is 1. The van der Waals surface area contributed by atoms with E-state index < -0.39 is 5.54 Å². The summed E-state index contributed by atoms with van der Waals surface area (Å²) >= 11 is 0. The predicted molar refractivity (Wildman–Crippen MR) is 67.5 cm³/mol. The maximum absolute atomic E-state index is 11.4. The molecular formula is C12H25N3O2. The third kappa shape index (κ3) is 3.66. The van der Waals surface area contributed by atoms with Gasteiger partial charge in [0.05, 0.1) is 12.1 Å². The quantitative estimate of drug-likeness (QED) is 0.692. The van der Waals surface area contributed by atoms with Gasteiger partial charge in [0.15, 0.2) is 0 Å². The molecule has 1 aliphatic carbocycles. The molecule has 0 radical (unpaired) electrons. The fourth-order valence-corrected chi connectivity index (χ4v) is 2.62. The molecule has 0 aromatic heterocycles. The zero-order valence-electron chi connectivity index (χ0n) is 10.9. The summed E-state index contributed by atoms with van der Waals surface area (Å²) in [5.74, 6) is -0.370. The third-order valence-corrected chi connectivity index (χ3v) is 3.76. The number of carbonyl (C=O) groups excluding carboxylic acids is 1. The molecule has 1 fully saturated rings. The van der Waals surface area contributed by atoms with Gasteiger partial charge in [0, 0.05) is 19.7 Å². The van der Waals surface area contributed by atoms with E-state index in [9.17, 15) is 4.79 Å². The van der Waals surface area contributed by atoms with E-state index in [0.29, 0.717) is 25.5 Å². The number of amides is 1. The van der Waals surface area contributed by atoms with Gasteiger partial charge in [-0.2, -0.15) is 0 Å². The largest absolute Gasteiger partial charge is 0.383 e. The number of hydrogen-bond donors (Lipinski definition) is 2. The monoisotopic (exact) mass is 243 g/mol. The van der Waals surface area contributed by atoms with Gasteiger partial charge in [-0.1, -0.05) is 6.92 Å². The van der Waals surface area contributed by atoms with E-state index in [1.807, 2.05) is 0 Å². The Hall–Kier alpha value is -0.650. The van der Waals surface area contributed by atoms with Gasteiger partial charge in [-0.3, -0.25) is 9.69 Å². The van der Waals surface area contributed by atoms with Crippen molar-refractivity contribution >= 4 is 5.91 Å². The van der Waals surface area contributed by atoms with Crippen molar-refractivity contribution in [1.29, 1.82) is 0 Å². The molecule has 2 atom stereocenters. The van der Waals surface area contributed by atoms with E-state index >= 15 is 0 Å². The lowest BCUT2D eigenvalue weighted by Crippen LogP contribution is -2.58. The molecule has 0 heterocycles. The molecule has 0 aromatic rings. The smallest absolute Gasteiger partial charge is 0.237 e. The van der Waals surface area contributed by atoms with Crippen LogP contribution in [0.15, 0.2) is 0 Å². The Labute approximate surface area is 103 Å². The number of nitrogens with zero attached hydrogens (tertiary/aromatic N) is 1. The van der Waals surface area contributed by atoms with Crippen LogP contribution in [-0.2, 0) is 9.53 Å². The molecule has 2 unspecified atom stereocenters. The van der Waals surface area contributed by atoms with Gasteiger partial charge < -0.3 is 16.2 Å². The van der Waals surface area contributed by atoms with Gasteiger partial charge in [-0.05, 0) is 32.2 Å². The summed E-state index contributed by atoms with van der Waals surface area (Å²) in [6.45, 7) is 4.65. The SMILES string of the molecule is CCN(CCOC)C1CCCC(N)(C(N)=O)C1. The summed E-state index contributed by atoms with van der Waals surface area (Å²) in [6, 6.07) is 0.349. The molecule has 17 heavy (non-hydrogen) atoms. The number of hydrogen-bond acceptors (Lipinski definition) is 4. The van der Waals surface area contributed by atoms with E-state index in [2.05, 4.69) is 11.8 Å². The molecule has 4 N–H and O–H groups in total. The van der Waals surface area contributed by atoms with Gasteiger partial charge in [-0.25, -0.2) is 0 Å². The molecule has 5 nitrogen and oxygen atoms in total. The van der Waals surface area contributed by atoms with Crippen LogP contribution in [0.25, 0.3) is 0 Å². The molecule has 0 aromatic carbocycles. The van der Waals surface area contributed by atoms with Gasteiger partial charge >= 0.3 is 0 Å². The van der Waals surface area contributed by atoms with Crippen LogP contribution in [-0.4, -0.2) is 49.2 Å². The zero-order valence-corrected chi connectivity index (χ0v) is 10.9. The Morgan fingerprint density at radius 3 is 2.82 bits per heavy atom. The molecular weight excluding hydrogens is 218 g/mol. The number of carbonyl (C=O) groups is 1. The normalized spacial score (nSPS) is 29.5. The predicted octanol–water partition coefficient (Wildman–Crippen LogP) is 0.0801. The fraction of sp³-hybridized carbons (Fsp3) is 0.917. The Morgan fingerprint density at radius 2 is 2.29 bits per heavy atom. The maximum atomic E-state index is 11.4. The third-order valence-electron chi connectivity index (χ3n) is 3.76. The fourth-order valence-electron chi connectivity index (χ4n) is 2.62. The second-order valence-corrected chi connectivity index (χ2v) is 4.89. The Bertz CT molecular complexity index is 260. The van der Waals surface area contributed by atoms with Crippen LogP contribution in [0, 0.1) is 0 Å². The lowest BCUT2D eigenvalue weighted by molar-refractivity contribution is -0.125. The number of primary amides is 1. The molecule has 0 saturated heterocycles. The van der Waals surface area contributed by atoms with Crippen molar-refractivity contribution < 1.29 is 9.53 Å². The Kier molecular flexibility index (Phi) is 5.36. The van der Waals surface area contributed by atoms with Crippen LogP contribution in [0.1, 0.15) is 32.6 Å². The Balaban J connectivity index is 2.60. The topological polar surface area (TPSA) is 81.6 Å². The highest BCUT2D eigenvalue weighted by Gasteiger charge is 2.39. The molecule has 1 aliphatic rings. The lowest BCUT2D eigenvalue weighted by Gasteiger charge is -2.40. The number of rotatable bonds is 6. The highest BCUT2D eigenvalue weighted by molar-refractivity contribution is 5.84. The van der Waals surface area contributed by atoms with Crippen molar-refractivity contribution in [3.05, 3.63) is 0 Å². The first-order chi connectivity index (χ1) is 8.03.